The molecule has 0 heterocycles. The molecule has 0 aromatic heterocycles. The van der Waals surface area contributed by atoms with Crippen LogP contribution in [0.25, 0.3) is 0 Å². The van der Waals surface area contributed by atoms with Crippen LogP contribution in [0.1, 0.15) is 44.6 Å². The maximum Gasteiger partial charge on any atom is 0.0667 e. The zero-order chi connectivity index (χ0) is 13.8. The van der Waals surface area contributed by atoms with E-state index in [1.165, 1.54) is 18.4 Å². The molecule has 1 unspecified atom stereocenters. The van der Waals surface area contributed by atoms with E-state index < -0.39 is 0 Å². The molecule has 1 aliphatic carbocycles. The minimum atomic E-state index is -0.204. The highest BCUT2D eigenvalue weighted by molar-refractivity contribution is 9.10. The standard InChI is InChI=1S/C16H24BrNO/c1-11(2)6-16(19)10-18-15-8-13(9-15)12-4-3-5-14(17)7-12/h3-5,7,11,13,15-16,18-19H,6,8-10H2,1-2H3. The normalized spacial score (nSPS) is 24.3. The molecule has 1 aromatic carbocycles. The maximum absolute atomic E-state index is 9.84. The molecule has 1 aromatic rings. The average molecular weight is 326 g/mol. The highest BCUT2D eigenvalue weighted by atomic mass is 79.9. The highest BCUT2D eigenvalue weighted by Crippen LogP contribution is 2.37. The van der Waals surface area contributed by atoms with E-state index >= 15 is 0 Å². The molecule has 2 N–H and O–H groups in total. The van der Waals surface area contributed by atoms with E-state index in [0.29, 0.717) is 17.9 Å². The minimum absolute atomic E-state index is 0.204. The summed E-state index contributed by atoms with van der Waals surface area (Å²) in [5, 5.41) is 13.3. The summed E-state index contributed by atoms with van der Waals surface area (Å²) in [4.78, 5) is 0. The van der Waals surface area contributed by atoms with Crippen molar-refractivity contribution in [3.05, 3.63) is 34.3 Å². The average Bonchev–Trinajstić information content (AvgIpc) is 2.25. The summed E-state index contributed by atoms with van der Waals surface area (Å²) in [6.45, 7) is 5.03. The molecule has 106 valence electrons. The fourth-order valence-electron chi connectivity index (χ4n) is 2.75. The first-order valence-corrected chi connectivity index (χ1v) is 8.00. The van der Waals surface area contributed by atoms with Gasteiger partial charge in [0.2, 0.25) is 0 Å². The van der Waals surface area contributed by atoms with Gasteiger partial charge in [0, 0.05) is 17.1 Å². The van der Waals surface area contributed by atoms with Crippen molar-refractivity contribution in [1.29, 1.82) is 0 Å². The first kappa shape index (κ1) is 15.0. The maximum atomic E-state index is 9.84. The Balaban J connectivity index is 1.69. The van der Waals surface area contributed by atoms with Gasteiger partial charge in [-0.25, -0.2) is 0 Å². The zero-order valence-corrected chi connectivity index (χ0v) is 13.4. The second kappa shape index (κ2) is 6.87. The number of rotatable bonds is 6. The number of halogens is 1. The van der Waals surface area contributed by atoms with Gasteiger partial charge in [-0.05, 0) is 48.8 Å². The number of aliphatic hydroxyl groups is 1. The summed E-state index contributed by atoms with van der Waals surface area (Å²) in [5.74, 6) is 1.24. The van der Waals surface area contributed by atoms with Gasteiger partial charge in [-0.15, -0.1) is 0 Å². The van der Waals surface area contributed by atoms with Gasteiger partial charge < -0.3 is 10.4 Å². The third-order valence-corrected chi connectivity index (χ3v) is 4.34. The molecule has 0 radical (unpaired) electrons. The summed E-state index contributed by atoms with van der Waals surface area (Å²) < 4.78 is 1.16. The molecule has 1 aliphatic rings. The topological polar surface area (TPSA) is 32.3 Å². The van der Waals surface area contributed by atoms with Crippen molar-refractivity contribution in [3.63, 3.8) is 0 Å². The Morgan fingerprint density at radius 3 is 2.74 bits per heavy atom. The van der Waals surface area contributed by atoms with E-state index in [4.69, 9.17) is 0 Å². The highest BCUT2D eigenvalue weighted by Gasteiger charge is 2.30. The first-order valence-electron chi connectivity index (χ1n) is 7.21. The molecule has 2 nitrogen and oxygen atoms in total. The van der Waals surface area contributed by atoms with Gasteiger partial charge in [-0.1, -0.05) is 41.9 Å². The third-order valence-electron chi connectivity index (χ3n) is 3.84. The van der Waals surface area contributed by atoms with Crippen molar-refractivity contribution in [1.82, 2.24) is 5.32 Å². The Hall–Kier alpha value is -0.380. The smallest absolute Gasteiger partial charge is 0.0667 e. The van der Waals surface area contributed by atoms with E-state index in [-0.39, 0.29) is 6.10 Å². The van der Waals surface area contributed by atoms with Crippen LogP contribution in [-0.2, 0) is 0 Å². The van der Waals surface area contributed by atoms with Gasteiger partial charge in [-0.3, -0.25) is 0 Å². The van der Waals surface area contributed by atoms with Crippen molar-refractivity contribution in [2.75, 3.05) is 6.54 Å². The van der Waals surface area contributed by atoms with E-state index in [2.05, 4.69) is 59.4 Å². The van der Waals surface area contributed by atoms with Gasteiger partial charge >= 0.3 is 0 Å². The van der Waals surface area contributed by atoms with Crippen LogP contribution >= 0.6 is 15.9 Å². The second-order valence-electron chi connectivity index (χ2n) is 6.11. The Morgan fingerprint density at radius 1 is 1.37 bits per heavy atom. The number of hydrogen-bond donors (Lipinski definition) is 2. The Bertz CT molecular complexity index is 401. The van der Waals surface area contributed by atoms with Crippen LogP contribution < -0.4 is 5.32 Å². The first-order chi connectivity index (χ1) is 9.04. The van der Waals surface area contributed by atoms with E-state index in [9.17, 15) is 5.11 Å². The molecule has 0 bridgehead atoms. The van der Waals surface area contributed by atoms with Gasteiger partial charge in [0.1, 0.15) is 0 Å². The molecule has 2 rings (SSSR count). The number of aliphatic hydroxyl groups excluding tert-OH is 1. The molecule has 0 saturated heterocycles. The Kier molecular flexibility index (Phi) is 5.43. The summed E-state index contributed by atoms with van der Waals surface area (Å²) in [6, 6.07) is 9.17. The molecule has 1 fully saturated rings. The molecule has 1 saturated carbocycles. The van der Waals surface area contributed by atoms with Gasteiger partial charge in [0.15, 0.2) is 0 Å². The van der Waals surface area contributed by atoms with E-state index in [0.717, 1.165) is 17.4 Å². The molecule has 19 heavy (non-hydrogen) atoms. The quantitative estimate of drug-likeness (QED) is 0.836. The summed E-state index contributed by atoms with van der Waals surface area (Å²) in [6.07, 6.45) is 3.05. The third kappa shape index (κ3) is 4.59. The minimum Gasteiger partial charge on any atom is -0.392 e. The van der Waals surface area contributed by atoms with Crippen molar-refractivity contribution in [2.24, 2.45) is 5.92 Å². The lowest BCUT2D eigenvalue weighted by atomic mass is 9.76. The number of hydrogen-bond acceptors (Lipinski definition) is 2. The van der Waals surface area contributed by atoms with Crippen LogP contribution in [0.4, 0.5) is 0 Å². The SMILES string of the molecule is CC(C)CC(O)CNC1CC(c2cccc(Br)c2)C1. The van der Waals surface area contributed by atoms with Crippen LogP contribution in [-0.4, -0.2) is 23.8 Å². The fraction of sp³-hybridized carbons (Fsp3) is 0.625. The van der Waals surface area contributed by atoms with Crippen LogP contribution in [0.15, 0.2) is 28.7 Å². The monoisotopic (exact) mass is 325 g/mol. The molecular weight excluding hydrogens is 302 g/mol. The van der Waals surface area contributed by atoms with Crippen molar-refractivity contribution in [2.45, 2.75) is 51.2 Å². The molecule has 3 heteroatoms. The fourth-order valence-corrected chi connectivity index (χ4v) is 3.16. The molecular formula is C16H24BrNO. The predicted octanol–water partition coefficient (Wildman–Crippen LogP) is 3.69. The van der Waals surface area contributed by atoms with Crippen LogP contribution in [0, 0.1) is 5.92 Å². The number of nitrogens with one attached hydrogen (secondary N) is 1. The molecule has 0 amide bonds. The lowest BCUT2D eigenvalue weighted by molar-refractivity contribution is 0.133. The van der Waals surface area contributed by atoms with Gasteiger partial charge in [0.05, 0.1) is 6.10 Å². The van der Waals surface area contributed by atoms with Crippen molar-refractivity contribution >= 4 is 15.9 Å². The lowest BCUT2D eigenvalue weighted by Gasteiger charge is -2.37. The van der Waals surface area contributed by atoms with Crippen molar-refractivity contribution < 1.29 is 5.11 Å². The van der Waals surface area contributed by atoms with Crippen LogP contribution in [0.3, 0.4) is 0 Å². The van der Waals surface area contributed by atoms with Gasteiger partial charge in [-0.2, -0.15) is 0 Å². The van der Waals surface area contributed by atoms with E-state index in [1.807, 2.05) is 0 Å². The van der Waals surface area contributed by atoms with Crippen molar-refractivity contribution in [3.8, 4) is 0 Å². The molecule has 1 atom stereocenters. The largest absolute Gasteiger partial charge is 0.392 e. The Labute approximate surface area is 124 Å². The summed E-state index contributed by atoms with van der Waals surface area (Å²) in [7, 11) is 0. The summed E-state index contributed by atoms with van der Waals surface area (Å²) >= 11 is 3.52. The number of benzene rings is 1. The predicted molar refractivity (Wildman–Crippen MR) is 83.4 cm³/mol. The zero-order valence-electron chi connectivity index (χ0n) is 11.8. The second-order valence-corrected chi connectivity index (χ2v) is 7.03. The Morgan fingerprint density at radius 2 is 2.11 bits per heavy atom. The van der Waals surface area contributed by atoms with Crippen LogP contribution in [0.2, 0.25) is 0 Å². The lowest BCUT2D eigenvalue weighted by Crippen LogP contribution is -2.43. The van der Waals surface area contributed by atoms with Gasteiger partial charge in [0.25, 0.3) is 0 Å². The molecule has 0 aliphatic heterocycles. The van der Waals surface area contributed by atoms with Crippen LogP contribution in [0.5, 0.6) is 0 Å². The summed E-state index contributed by atoms with van der Waals surface area (Å²) in [5.41, 5.74) is 1.43. The van der Waals surface area contributed by atoms with E-state index in [1.54, 1.807) is 0 Å². The molecule has 0 spiro atoms.